The molecule has 4 aliphatic carbocycles. The number of carbonyl (C=O) groups excluding carboxylic acids is 2. The number of para-hydroxylation sites is 2. The second kappa shape index (κ2) is 11.7. The highest BCUT2D eigenvalue weighted by Gasteiger charge is 2.58. The normalized spacial score (nSPS) is 33.4. The van der Waals surface area contributed by atoms with Gasteiger partial charge in [0.1, 0.15) is 18.5 Å². The fourth-order valence-corrected chi connectivity index (χ4v) is 10.1. The van der Waals surface area contributed by atoms with Gasteiger partial charge in [-0.2, -0.15) is 0 Å². The van der Waals surface area contributed by atoms with Crippen LogP contribution in [-0.2, 0) is 30.3 Å². The molecule has 3 amide bonds. The maximum atomic E-state index is 13.5. The van der Waals surface area contributed by atoms with E-state index in [1.165, 1.54) is 36.2 Å². The highest BCUT2D eigenvalue weighted by Crippen LogP contribution is 2.59. The number of nitrogens with one attached hydrogen (secondary N) is 3. The molecular formula is C32H39N8O7S-. The molecule has 3 aromatic rings. The van der Waals surface area contributed by atoms with Gasteiger partial charge < -0.3 is 29.4 Å². The van der Waals surface area contributed by atoms with Crippen LogP contribution in [0.1, 0.15) is 65.5 Å². The summed E-state index contributed by atoms with van der Waals surface area (Å²) in [7, 11) is 0. The molecule has 2 aromatic heterocycles. The minimum Gasteiger partial charge on any atom is -0.755 e. The number of nitrogens with zero attached hydrogens (tertiary/aromatic N) is 5. The number of aromatic nitrogens is 4. The largest absolute Gasteiger partial charge is 0.755 e. The van der Waals surface area contributed by atoms with E-state index in [1.54, 1.807) is 42.7 Å². The molecule has 4 heterocycles. The minimum atomic E-state index is -2.54. The van der Waals surface area contributed by atoms with Crippen molar-refractivity contribution in [1.82, 2.24) is 24.8 Å². The number of fused-ring (bicyclic) bond motifs is 2. The maximum Gasteiger partial charge on any atom is 0.324 e. The monoisotopic (exact) mass is 679 g/mol. The number of ether oxygens (including phenoxy) is 3. The third-order valence-corrected chi connectivity index (χ3v) is 11.3. The van der Waals surface area contributed by atoms with Gasteiger partial charge in [0.15, 0.2) is 35.1 Å². The molecule has 3 N–H and O–H groups in total. The van der Waals surface area contributed by atoms with Crippen LogP contribution >= 0.6 is 0 Å². The van der Waals surface area contributed by atoms with Gasteiger partial charge in [0.25, 0.3) is 5.91 Å². The Kier molecular flexibility index (Phi) is 7.71. The lowest BCUT2D eigenvalue weighted by atomic mass is 9.53. The van der Waals surface area contributed by atoms with Crippen LogP contribution in [-0.4, -0.2) is 76.4 Å². The lowest BCUT2D eigenvalue weighted by Gasteiger charge is -2.61. The van der Waals surface area contributed by atoms with Gasteiger partial charge in [-0.3, -0.25) is 23.2 Å². The van der Waals surface area contributed by atoms with Gasteiger partial charge in [0.05, 0.1) is 23.2 Å². The summed E-state index contributed by atoms with van der Waals surface area (Å²) in [6.45, 7) is 5.82. The lowest BCUT2D eigenvalue weighted by Crippen LogP contribution is -2.60. The molecule has 6 fully saturated rings. The first kappa shape index (κ1) is 31.6. The Morgan fingerprint density at radius 3 is 2.40 bits per heavy atom. The second-order valence-corrected chi connectivity index (χ2v) is 15.0. The number of urea groups is 1. The number of imidazole rings is 1. The van der Waals surface area contributed by atoms with Gasteiger partial charge in [-0.25, -0.2) is 19.7 Å². The Hall–Kier alpha value is -3.70. The van der Waals surface area contributed by atoms with Crippen molar-refractivity contribution in [3.63, 3.8) is 0 Å². The maximum absolute atomic E-state index is 13.5. The van der Waals surface area contributed by atoms with Gasteiger partial charge >= 0.3 is 6.03 Å². The molecule has 2 saturated heterocycles. The number of hydrogen-bond donors (Lipinski definition) is 3. The van der Waals surface area contributed by atoms with Crippen LogP contribution in [0.25, 0.3) is 11.2 Å². The topological polar surface area (TPSA) is 185 Å². The van der Waals surface area contributed by atoms with Gasteiger partial charge in [-0.05, 0) is 89.2 Å². The van der Waals surface area contributed by atoms with Crippen LogP contribution in [0.2, 0.25) is 0 Å². The highest BCUT2D eigenvalue weighted by atomic mass is 32.2. The van der Waals surface area contributed by atoms with E-state index in [9.17, 15) is 18.4 Å². The Morgan fingerprint density at radius 1 is 1.02 bits per heavy atom. The van der Waals surface area contributed by atoms with E-state index in [4.69, 9.17) is 14.2 Å². The molecule has 5 atom stereocenters. The summed E-state index contributed by atoms with van der Waals surface area (Å²) >= 11 is -2.54. The number of amides is 3. The molecule has 0 spiro atoms. The molecule has 1 unspecified atom stereocenters. The van der Waals surface area contributed by atoms with E-state index in [2.05, 4.69) is 30.9 Å². The summed E-state index contributed by atoms with van der Waals surface area (Å²) in [6.07, 6.45) is 5.83. The first-order valence-electron chi connectivity index (χ1n) is 16.6. The smallest absolute Gasteiger partial charge is 0.324 e. The molecule has 48 heavy (non-hydrogen) atoms. The molecule has 6 aliphatic rings. The number of benzene rings is 1. The molecule has 15 nitrogen and oxygen atoms in total. The van der Waals surface area contributed by atoms with E-state index in [-0.39, 0.29) is 17.2 Å². The van der Waals surface area contributed by atoms with Crippen molar-refractivity contribution in [2.24, 2.45) is 17.8 Å². The van der Waals surface area contributed by atoms with Gasteiger partial charge in [0.2, 0.25) is 0 Å². The Labute approximate surface area is 279 Å². The molecule has 16 heteroatoms. The predicted octanol–water partition coefficient (Wildman–Crippen LogP) is 3.59. The third kappa shape index (κ3) is 5.33. The molecule has 4 bridgehead atoms. The van der Waals surface area contributed by atoms with Crippen molar-refractivity contribution >= 4 is 51.6 Å². The zero-order chi connectivity index (χ0) is 33.4. The van der Waals surface area contributed by atoms with Crippen molar-refractivity contribution in [3.05, 3.63) is 36.9 Å². The van der Waals surface area contributed by atoms with Crippen LogP contribution in [0.4, 0.5) is 22.0 Å². The van der Waals surface area contributed by atoms with E-state index in [0.717, 1.165) is 19.3 Å². The van der Waals surface area contributed by atoms with Crippen molar-refractivity contribution < 1.29 is 32.6 Å². The van der Waals surface area contributed by atoms with Crippen LogP contribution in [0.15, 0.2) is 36.9 Å². The van der Waals surface area contributed by atoms with Gasteiger partial charge in [0, 0.05) is 17.8 Å². The van der Waals surface area contributed by atoms with E-state index < -0.39 is 53.2 Å². The first-order chi connectivity index (χ1) is 23.0. The van der Waals surface area contributed by atoms with E-state index >= 15 is 0 Å². The fraction of sp³-hybridized carbons (Fsp3) is 0.594. The van der Waals surface area contributed by atoms with E-state index in [0.29, 0.717) is 41.3 Å². The van der Waals surface area contributed by atoms with Crippen LogP contribution in [0.3, 0.4) is 0 Å². The number of rotatable bonds is 8. The summed E-state index contributed by atoms with van der Waals surface area (Å²) in [5.74, 6) is 0.494. The number of carbonyl (C=O) groups is 2. The highest BCUT2D eigenvalue weighted by molar-refractivity contribution is 7.80. The molecule has 9 rings (SSSR count). The molecule has 2 aliphatic heterocycles. The zero-order valence-corrected chi connectivity index (χ0v) is 27.8. The second-order valence-electron chi connectivity index (χ2n) is 14.2. The average molecular weight is 680 g/mol. The van der Waals surface area contributed by atoms with Gasteiger partial charge in [-0.1, -0.05) is 12.1 Å². The number of hydrogen-bond acceptors (Lipinski definition) is 10. The summed E-state index contributed by atoms with van der Waals surface area (Å²) < 4.78 is 47.4. The summed E-state index contributed by atoms with van der Waals surface area (Å²) in [6, 6.07) is 6.36. The summed E-state index contributed by atoms with van der Waals surface area (Å²) in [4.78, 5) is 39.5. The van der Waals surface area contributed by atoms with Crippen LogP contribution < -0.4 is 20.3 Å². The third-order valence-electron chi connectivity index (χ3n) is 10.5. The molecular weight excluding hydrogens is 640 g/mol. The predicted molar refractivity (Wildman–Crippen MR) is 173 cm³/mol. The standard InChI is InChI=1S/C32H40N8O7S/c1-4-33-28(41)24-23-25(47-31(2,3)46-23)29(45-24)39-16-36-22-26(34-15-35-27(22)39)38-30(42)37-20-7-5-6-8-21(20)40(48(43)44)32-12-17-9-18(13-32)11-19(10-17)14-32/h5-8,15-19,23-25,29H,4,9-14H2,1-3H3,(H,33,41)(H,43,44)(H2,34,35,37,38,42)/p-1/t17?,18?,19?,23-,24+,25-,29-,32?/m1/s1. The zero-order valence-electron chi connectivity index (χ0n) is 27.0. The molecule has 0 radical (unpaired) electrons. The van der Waals surface area contributed by atoms with Crippen molar-refractivity contribution in [3.8, 4) is 0 Å². The van der Waals surface area contributed by atoms with Crippen LogP contribution in [0.5, 0.6) is 0 Å². The Bertz CT molecular complexity index is 1750. The summed E-state index contributed by atoms with van der Waals surface area (Å²) in [5, 5.41) is 8.41. The number of anilines is 3. The van der Waals surface area contributed by atoms with Crippen molar-refractivity contribution in [1.29, 1.82) is 0 Å². The first-order valence-corrected chi connectivity index (χ1v) is 17.6. The Morgan fingerprint density at radius 2 is 1.71 bits per heavy atom. The molecule has 1 aromatic carbocycles. The van der Waals surface area contributed by atoms with Crippen molar-refractivity contribution in [2.75, 3.05) is 21.5 Å². The Balaban J connectivity index is 1.04. The van der Waals surface area contributed by atoms with Crippen molar-refractivity contribution in [2.45, 2.75) is 95.2 Å². The van der Waals surface area contributed by atoms with Crippen LogP contribution in [0, 0.1) is 17.8 Å². The van der Waals surface area contributed by atoms with E-state index in [1.807, 2.05) is 6.92 Å². The quantitative estimate of drug-likeness (QED) is 0.297. The summed E-state index contributed by atoms with van der Waals surface area (Å²) in [5.41, 5.74) is 0.966. The van der Waals surface area contributed by atoms with Gasteiger partial charge in [-0.15, -0.1) is 0 Å². The molecule has 256 valence electrons. The fourth-order valence-electron chi connectivity index (χ4n) is 9.24. The SMILES string of the molecule is CCNC(=O)[C@H]1O[C@@H](n2cnc3c(NC(=O)Nc4ccccc4N(S(=O)[O-])C45CC6CC(CC(C6)C4)C5)ncnc32)[C@@H]2OC(C)(C)O[C@@H]21. The average Bonchev–Trinajstić information content (AvgIpc) is 3.68. The molecule has 4 saturated carbocycles. The lowest BCUT2D eigenvalue weighted by molar-refractivity contribution is -0.197. The number of likely N-dealkylation sites (N-methyl/N-ethyl adjacent to an activating group) is 1. The minimum absolute atomic E-state index is 0.137.